The average Bonchev–Trinajstić information content (AvgIpc) is 2.74. The minimum atomic E-state index is -1.39. The van der Waals surface area contributed by atoms with E-state index in [1.165, 1.54) is 6.07 Å². The minimum absolute atomic E-state index is 0.166. The summed E-state index contributed by atoms with van der Waals surface area (Å²) in [7, 11) is -1.39. The van der Waals surface area contributed by atoms with Crippen molar-refractivity contribution in [3.05, 3.63) is 29.6 Å². The summed E-state index contributed by atoms with van der Waals surface area (Å²) in [5.74, 6) is -1.52. The van der Waals surface area contributed by atoms with Crippen molar-refractivity contribution in [1.82, 2.24) is 9.80 Å². The van der Waals surface area contributed by atoms with Gasteiger partial charge in [0.25, 0.3) is 0 Å². The lowest BCUT2D eigenvalue weighted by Crippen LogP contribution is -2.51. The first kappa shape index (κ1) is 26.1. The molecule has 32 heavy (non-hydrogen) atoms. The van der Waals surface area contributed by atoms with Crippen LogP contribution in [-0.4, -0.2) is 82.3 Å². The van der Waals surface area contributed by atoms with Crippen LogP contribution >= 0.6 is 0 Å². The Kier molecular flexibility index (Phi) is 9.89. The van der Waals surface area contributed by atoms with E-state index in [-0.39, 0.29) is 24.5 Å². The quantitative estimate of drug-likeness (QED) is 0.253. The number of anilines is 1. The maximum atomic E-state index is 13.9. The number of carbonyl (C=O) groups is 2. The minimum Gasteiger partial charge on any atom is -0.480 e. The van der Waals surface area contributed by atoms with Crippen molar-refractivity contribution in [3.63, 3.8) is 0 Å². The van der Waals surface area contributed by atoms with Gasteiger partial charge in [-0.3, -0.25) is 9.69 Å². The molecule has 2 rings (SSSR count). The SMILES string of the molecule is Cc1ccc(F)c(NC(=O)N2CCN(CCCC(N)(CCCCB(O)O)C(=O)O)CC2)c1. The maximum absolute atomic E-state index is 13.9. The number of amides is 2. The van der Waals surface area contributed by atoms with Crippen LogP contribution in [-0.2, 0) is 4.79 Å². The van der Waals surface area contributed by atoms with Crippen LogP contribution in [0, 0.1) is 12.7 Å². The molecule has 0 saturated carbocycles. The molecule has 9 nitrogen and oxygen atoms in total. The molecule has 0 radical (unpaired) electrons. The molecular weight excluding hydrogens is 418 g/mol. The Morgan fingerprint density at radius 2 is 1.81 bits per heavy atom. The zero-order chi connectivity index (χ0) is 23.7. The summed E-state index contributed by atoms with van der Waals surface area (Å²) in [6.07, 6.45) is 2.40. The zero-order valence-corrected chi connectivity index (χ0v) is 18.6. The number of aliphatic carboxylic acids is 1. The first-order chi connectivity index (χ1) is 15.1. The van der Waals surface area contributed by atoms with Crippen molar-refractivity contribution in [3.8, 4) is 0 Å². The number of rotatable bonds is 11. The van der Waals surface area contributed by atoms with E-state index in [9.17, 15) is 19.1 Å². The van der Waals surface area contributed by atoms with Gasteiger partial charge in [-0.2, -0.15) is 0 Å². The Hall–Kier alpha value is -2.21. The lowest BCUT2D eigenvalue weighted by Gasteiger charge is -2.35. The molecule has 0 spiro atoms. The van der Waals surface area contributed by atoms with Crippen molar-refractivity contribution in [1.29, 1.82) is 0 Å². The molecule has 0 aliphatic carbocycles. The number of hydrogen-bond donors (Lipinski definition) is 5. The van der Waals surface area contributed by atoms with Gasteiger partial charge in [0, 0.05) is 26.2 Å². The maximum Gasteiger partial charge on any atom is 0.451 e. The van der Waals surface area contributed by atoms with E-state index in [0.717, 1.165) is 5.56 Å². The molecule has 1 atom stereocenters. The summed E-state index contributed by atoms with van der Waals surface area (Å²) in [6.45, 7) is 4.77. The molecule has 0 bridgehead atoms. The van der Waals surface area contributed by atoms with Gasteiger partial charge in [-0.05, 0) is 56.7 Å². The number of nitrogens with two attached hydrogens (primary N) is 1. The van der Waals surface area contributed by atoms with E-state index in [0.29, 0.717) is 58.4 Å². The normalized spacial score (nSPS) is 16.5. The summed E-state index contributed by atoms with van der Waals surface area (Å²) in [5, 5.41) is 29.9. The van der Waals surface area contributed by atoms with E-state index < -0.39 is 24.4 Å². The van der Waals surface area contributed by atoms with Crippen LogP contribution in [0.15, 0.2) is 18.2 Å². The number of piperazine rings is 1. The van der Waals surface area contributed by atoms with Crippen molar-refractivity contribution in [2.45, 2.75) is 50.9 Å². The Morgan fingerprint density at radius 3 is 2.44 bits per heavy atom. The van der Waals surface area contributed by atoms with Crippen LogP contribution in [0.3, 0.4) is 0 Å². The number of nitrogens with one attached hydrogen (secondary N) is 1. The Morgan fingerprint density at radius 1 is 1.16 bits per heavy atom. The number of carboxylic acid groups (broad SMARTS) is 1. The van der Waals surface area contributed by atoms with Gasteiger partial charge in [0.05, 0.1) is 5.69 Å². The number of halogens is 1. The van der Waals surface area contributed by atoms with Crippen LogP contribution < -0.4 is 11.1 Å². The molecule has 1 aromatic rings. The fourth-order valence-corrected chi connectivity index (χ4v) is 3.83. The first-order valence-corrected chi connectivity index (χ1v) is 11.0. The fraction of sp³-hybridized carbons (Fsp3) is 0.619. The molecule has 11 heteroatoms. The number of unbranched alkanes of at least 4 members (excludes halogenated alkanes) is 1. The van der Waals surface area contributed by atoms with Crippen molar-refractivity contribution in [2.24, 2.45) is 5.73 Å². The third-order valence-corrected chi connectivity index (χ3v) is 5.88. The second-order valence-corrected chi connectivity index (χ2v) is 8.53. The molecule has 1 fully saturated rings. The van der Waals surface area contributed by atoms with Gasteiger partial charge in [-0.1, -0.05) is 18.9 Å². The largest absolute Gasteiger partial charge is 0.480 e. The molecule has 6 N–H and O–H groups in total. The monoisotopic (exact) mass is 452 g/mol. The highest BCUT2D eigenvalue weighted by molar-refractivity contribution is 6.40. The van der Waals surface area contributed by atoms with E-state index in [2.05, 4.69) is 10.2 Å². The second-order valence-electron chi connectivity index (χ2n) is 8.53. The smallest absolute Gasteiger partial charge is 0.451 e. The number of nitrogens with zero attached hydrogens (tertiary/aromatic N) is 2. The molecule has 1 unspecified atom stereocenters. The predicted octanol–water partition coefficient (Wildman–Crippen LogP) is 1.49. The van der Waals surface area contributed by atoms with E-state index in [1.807, 2.05) is 6.92 Å². The van der Waals surface area contributed by atoms with Gasteiger partial charge in [-0.25, -0.2) is 9.18 Å². The third kappa shape index (κ3) is 8.05. The summed E-state index contributed by atoms with van der Waals surface area (Å²) in [5.41, 5.74) is 5.78. The highest BCUT2D eigenvalue weighted by Crippen LogP contribution is 2.20. The van der Waals surface area contributed by atoms with Crippen LogP contribution in [0.25, 0.3) is 0 Å². The van der Waals surface area contributed by atoms with Crippen molar-refractivity contribution in [2.75, 3.05) is 38.0 Å². The topological polar surface area (TPSA) is 139 Å². The highest BCUT2D eigenvalue weighted by atomic mass is 19.1. The standard InChI is InChI=1S/C21H34BFN4O5/c1-16-5-6-17(23)18(15-16)25-20(30)27-13-11-26(12-14-27)10-4-8-21(24,19(28)29)7-2-3-9-22(31)32/h5-6,15,31-32H,2-4,7-14,24H2,1H3,(H,25,30)(H,28,29). The van der Waals surface area contributed by atoms with Gasteiger partial charge in [0.1, 0.15) is 11.4 Å². The van der Waals surface area contributed by atoms with Crippen LogP contribution in [0.5, 0.6) is 0 Å². The second kappa shape index (κ2) is 12.1. The van der Waals surface area contributed by atoms with Gasteiger partial charge in [0.15, 0.2) is 0 Å². The van der Waals surface area contributed by atoms with Crippen LogP contribution in [0.2, 0.25) is 6.32 Å². The lowest BCUT2D eigenvalue weighted by molar-refractivity contribution is -0.144. The molecule has 1 aliphatic rings. The molecule has 1 saturated heterocycles. The summed E-state index contributed by atoms with van der Waals surface area (Å²) >= 11 is 0. The molecule has 0 aromatic heterocycles. The van der Waals surface area contributed by atoms with Gasteiger partial charge < -0.3 is 31.1 Å². The van der Waals surface area contributed by atoms with E-state index in [4.69, 9.17) is 15.8 Å². The van der Waals surface area contributed by atoms with Crippen molar-refractivity contribution >= 4 is 24.8 Å². The zero-order valence-electron chi connectivity index (χ0n) is 18.6. The van der Waals surface area contributed by atoms with E-state index in [1.54, 1.807) is 17.0 Å². The Labute approximate surface area is 188 Å². The van der Waals surface area contributed by atoms with Gasteiger partial charge in [-0.15, -0.1) is 0 Å². The fourth-order valence-electron chi connectivity index (χ4n) is 3.83. The van der Waals surface area contributed by atoms with Crippen LogP contribution in [0.1, 0.15) is 37.7 Å². The summed E-state index contributed by atoms with van der Waals surface area (Å²) in [6, 6.07) is 4.22. The van der Waals surface area contributed by atoms with Gasteiger partial charge in [0.2, 0.25) is 0 Å². The van der Waals surface area contributed by atoms with E-state index >= 15 is 0 Å². The average molecular weight is 452 g/mol. The molecular formula is C21H34BFN4O5. The molecule has 1 heterocycles. The molecule has 178 valence electrons. The predicted molar refractivity (Wildman–Crippen MR) is 121 cm³/mol. The summed E-state index contributed by atoms with van der Waals surface area (Å²) < 4.78 is 13.9. The lowest BCUT2D eigenvalue weighted by atomic mass is 9.81. The number of carboxylic acids is 1. The summed E-state index contributed by atoms with van der Waals surface area (Å²) in [4.78, 5) is 27.9. The van der Waals surface area contributed by atoms with Crippen LogP contribution in [0.4, 0.5) is 14.9 Å². The number of carbonyl (C=O) groups excluding carboxylic acids is 1. The number of hydrogen-bond acceptors (Lipinski definition) is 6. The number of aryl methyl sites for hydroxylation is 1. The molecule has 1 aliphatic heterocycles. The highest BCUT2D eigenvalue weighted by Gasteiger charge is 2.33. The third-order valence-electron chi connectivity index (χ3n) is 5.88. The number of benzene rings is 1. The van der Waals surface area contributed by atoms with Crippen molar-refractivity contribution < 1.29 is 29.1 Å². The van der Waals surface area contributed by atoms with Gasteiger partial charge >= 0.3 is 19.1 Å². The first-order valence-electron chi connectivity index (χ1n) is 11.0. The molecule has 1 aromatic carbocycles. The number of urea groups is 1. The Balaban J connectivity index is 1.73. The Bertz CT molecular complexity index is 777. The molecule has 2 amide bonds.